The molecule has 1 N–H and O–H groups in total. The Labute approximate surface area is 138 Å². The summed E-state index contributed by atoms with van der Waals surface area (Å²) in [6.45, 7) is 6.63. The topological polar surface area (TPSA) is 53.0 Å². The molecule has 1 fully saturated rings. The Morgan fingerprint density at radius 2 is 2.00 bits per heavy atom. The van der Waals surface area contributed by atoms with Crippen LogP contribution in [-0.4, -0.2) is 66.8 Å². The van der Waals surface area contributed by atoms with E-state index in [4.69, 9.17) is 9.84 Å². The number of nitrogens with zero attached hydrogens (tertiary/aromatic N) is 2. The van der Waals surface area contributed by atoms with E-state index in [1.54, 1.807) is 6.08 Å². The number of rotatable bonds is 7. The van der Waals surface area contributed by atoms with Crippen LogP contribution < -0.4 is 4.74 Å². The minimum Gasteiger partial charge on any atom is -0.493 e. The number of carbonyl (C=O) groups excluding carboxylic acids is 1. The lowest BCUT2D eigenvalue weighted by Gasteiger charge is -2.33. The zero-order valence-electron chi connectivity index (χ0n) is 13.8. The molecule has 1 amide bonds. The Kier molecular flexibility index (Phi) is 7.10. The van der Waals surface area contributed by atoms with Gasteiger partial charge in [0, 0.05) is 44.4 Å². The van der Waals surface area contributed by atoms with Gasteiger partial charge >= 0.3 is 0 Å². The fourth-order valence-corrected chi connectivity index (χ4v) is 2.56. The van der Waals surface area contributed by atoms with Crippen molar-refractivity contribution in [2.45, 2.75) is 13.3 Å². The molecule has 1 aliphatic heterocycles. The first-order valence-electron chi connectivity index (χ1n) is 8.26. The average molecular weight is 318 g/mol. The zero-order chi connectivity index (χ0) is 16.5. The predicted molar refractivity (Wildman–Crippen MR) is 91.4 cm³/mol. The quantitative estimate of drug-likeness (QED) is 0.776. The van der Waals surface area contributed by atoms with Crippen molar-refractivity contribution in [2.24, 2.45) is 0 Å². The van der Waals surface area contributed by atoms with Crippen LogP contribution in [0.4, 0.5) is 0 Å². The first-order valence-corrected chi connectivity index (χ1v) is 8.26. The van der Waals surface area contributed by atoms with Crippen molar-refractivity contribution in [3.63, 3.8) is 0 Å². The van der Waals surface area contributed by atoms with E-state index in [9.17, 15) is 4.79 Å². The Bertz CT molecular complexity index is 523. The maximum absolute atomic E-state index is 12.3. The highest BCUT2D eigenvalue weighted by molar-refractivity contribution is 5.92. The van der Waals surface area contributed by atoms with Crippen LogP contribution in [0.3, 0.4) is 0 Å². The number of amides is 1. The van der Waals surface area contributed by atoms with E-state index in [2.05, 4.69) is 11.8 Å². The molecule has 0 radical (unpaired) electrons. The second kappa shape index (κ2) is 9.33. The van der Waals surface area contributed by atoms with Gasteiger partial charge in [-0.1, -0.05) is 25.1 Å². The van der Waals surface area contributed by atoms with Gasteiger partial charge in [0.05, 0.1) is 13.2 Å². The van der Waals surface area contributed by atoms with Gasteiger partial charge in [0.2, 0.25) is 5.91 Å². The number of hydrogen-bond acceptors (Lipinski definition) is 4. The maximum Gasteiger partial charge on any atom is 0.246 e. The molecule has 0 aromatic heterocycles. The highest BCUT2D eigenvalue weighted by atomic mass is 16.5. The summed E-state index contributed by atoms with van der Waals surface area (Å²) >= 11 is 0. The number of hydrogen-bond donors (Lipinski definition) is 1. The molecule has 1 aliphatic rings. The van der Waals surface area contributed by atoms with Gasteiger partial charge in [-0.3, -0.25) is 9.69 Å². The van der Waals surface area contributed by atoms with Crippen LogP contribution in [-0.2, 0) is 4.79 Å². The maximum atomic E-state index is 12.3. The van der Waals surface area contributed by atoms with E-state index in [0.717, 1.165) is 30.8 Å². The molecule has 0 aliphatic carbocycles. The second-order valence-electron chi connectivity index (χ2n) is 5.61. The molecular weight excluding hydrogens is 292 g/mol. The fraction of sp³-hybridized carbons (Fsp3) is 0.500. The molecule has 0 atom stereocenters. The largest absolute Gasteiger partial charge is 0.493 e. The van der Waals surface area contributed by atoms with Gasteiger partial charge in [0.25, 0.3) is 0 Å². The van der Waals surface area contributed by atoms with Crippen molar-refractivity contribution >= 4 is 12.0 Å². The Morgan fingerprint density at radius 1 is 1.26 bits per heavy atom. The molecule has 0 bridgehead atoms. The van der Waals surface area contributed by atoms with E-state index in [1.165, 1.54) is 0 Å². The lowest BCUT2D eigenvalue weighted by molar-refractivity contribution is -0.127. The molecule has 0 unspecified atom stereocenters. The Hall–Kier alpha value is -1.85. The normalized spacial score (nSPS) is 16.0. The summed E-state index contributed by atoms with van der Waals surface area (Å²) in [6, 6.07) is 7.75. The highest BCUT2D eigenvalue weighted by Gasteiger charge is 2.18. The van der Waals surface area contributed by atoms with Gasteiger partial charge < -0.3 is 14.7 Å². The zero-order valence-corrected chi connectivity index (χ0v) is 13.8. The molecule has 1 aromatic rings. The van der Waals surface area contributed by atoms with Gasteiger partial charge in [0.15, 0.2) is 0 Å². The predicted octanol–water partition coefficient (Wildman–Crippen LogP) is 1.63. The number of benzene rings is 1. The van der Waals surface area contributed by atoms with Crippen LogP contribution in [0.5, 0.6) is 5.75 Å². The molecule has 1 saturated heterocycles. The van der Waals surface area contributed by atoms with Crippen molar-refractivity contribution in [2.75, 3.05) is 45.9 Å². The molecular formula is C18H26N2O3. The second-order valence-corrected chi connectivity index (χ2v) is 5.61. The van der Waals surface area contributed by atoms with Crippen molar-refractivity contribution in [1.29, 1.82) is 0 Å². The van der Waals surface area contributed by atoms with Gasteiger partial charge in [-0.15, -0.1) is 0 Å². The van der Waals surface area contributed by atoms with E-state index < -0.39 is 0 Å². The molecule has 1 heterocycles. The standard InChI is InChI=1S/C18H26N2O3/c1-2-15-23-17-6-4-3-5-16(17)7-8-18(22)20-11-9-19(10-12-20)13-14-21/h3-8,21H,2,9-15H2,1H3/b8-7+. The van der Waals surface area contributed by atoms with E-state index in [-0.39, 0.29) is 12.5 Å². The summed E-state index contributed by atoms with van der Waals surface area (Å²) in [4.78, 5) is 16.3. The van der Waals surface area contributed by atoms with Crippen molar-refractivity contribution in [1.82, 2.24) is 9.80 Å². The lowest BCUT2D eigenvalue weighted by atomic mass is 10.2. The molecule has 1 aromatic carbocycles. The first-order chi connectivity index (χ1) is 11.2. The number of ether oxygens (including phenoxy) is 1. The molecule has 126 valence electrons. The molecule has 0 saturated carbocycles. The summed E-state index contributed by atoms with van der Waals surface area (Å²) in [5, 5.41) is 8.95. The number of β-amino-alcohol motifs (C(OH)–C–C–N with tert-alkyl or cyclic N) is 1. The van der Waals surface area contributed by atoms with Gasteiger partial charge in [-0.25, -0.2) is 0 Å². The smallest absolute Gasteiger partial charge is 0.246 e. The van der Waals surface area contributed by atoms with E-state index in [1.807, 2.05) is 35.2 Å². The monoisotopic (exact) mass is 318 g/mol. The number of piperazine rings is 1. The minimum absolute atomic E-state index is 0.0268. The van der Waals surface area contributed by atoms with Gasteiger partial charge in [-0.2, -0.15) is 0 Å². The third-order valence-corrected chi connectivity index (χ3v) is 3.89. The molecule has 0 spiro atoms. The molecule has 23 heavy (non-hydrogen) atoms. The Balaban J connectivity index is 1.91. The average Bonchev–Trinajstić information content (AvgIpc) is 2.59. The van der Waals surface area contributed by atoms with Crippen LogP contribution in [0.2, 0.25) is 0 Å². The van der Waals surface area contributed by atoms with Crippen LogP contribution in [0, 0.1) is 0 Å². The Morgan fingerprint density at radius 3 is 2.70 bits per heavy atom. The molecule has 5 heteroatoms. The number of aliphatic hydroxyl groups is 1. The number of para-hydroxylation sites is 1. The van der Waals surface area contributed by atoms with E-state index >= 15 is 0 Å². The van der Waals surface area contributed by atoms with Crippen molar-refractivity contribution < 1.29 is 14.6 Å². The molecule has 5 nitrogen and oxygen atoms in total. The lowest BCUT2D eigenvalue weighted by Crippen LogP contribution is -2.48. The first kappa shape index (κ1) is 17.5. The van der Waals surface area contributed by atoms with E-state index in [0.29, 0.717) is 26.2 Å². The SMILES string of the molecule is CCCOc1ccccc1/C=C/C(=O)N1CCN(CCO)CC1. The summed E-state index contributed by atoms with van der Waals surface area (Å²) in [5.74, 6) is 0.838. The fourth-order valence-electron chi connectivity index (χ4n) is 2.56. The van der Waals surface area contributed by atoms with Crippen molar-refractivity contribution in [3.05, 3.63) is 35.9 Å². The molecule has 2 rings (SSSR count). The summed E-state index contributed by atoms with van der Waals surface area (Å²) in [5.41, 5.74) is 0.924. The third kappa shape index (κ3) is 5.37. The third-order valence-electron chi connectivity index (χ3n) is 3.89. The minimum atomic E-state index is 0.0268. The van der Waals surface area contributed by atoms with Crippen molar-refractivity contribution in [3.8, 4) is 5.75 Å². The summed E-state index contributed by atoms with van der Waals surface area (Å²) < 4.78 is 5.70. The van der Waals surface area contributed by atoms with Gasteiger partial charge in [-0.05, 0) is 18.6 Å². The van der Waals surface area contributed by atoms with Gasteiger partial charge in [0.1, 0.15) is 5.75 Å². The van der Waals surface area contributed by atoms with Crippen LogP contribution >= 0.6 is 0 Å². The van der Waals surface area contributed by atoms with Crippen LogP contribution in [0.15, 0.2) is 30.3 Å². The highest BCUT2D eigenvalue weighted by Crippen LogP contribution is 2.19. The summed E-state index contributed by atoms with van der Waals surface area (Å²) in [7, 11) is 0. The number of carbonyl (C=O) groups is 1. The summed E-state index contributed by atoms with van der Waals surface area (Å²) in [6.07, 6.45) is 4.40. The van der Waals surface area contributed by atoms with Crippen LogP contribution in [0.25, 0.3) is 6.08 Å². The number of aliphatic hydroxyl groups excluding tert-OH is 1. The van der Waals surface area contributed by atoms with Crippen LogP contribution in [0.1, 0.15) is 18.9 Å².